The average molecular weight is 369 g/mol. The van der Waals surface area contributed by atoms with E-state index < -0.39 is 0 Å². The van der Waals surface area contributed by atoms with Gasteiger partial charge in [0, 0.05) is 22.2 Å². The molecule has 0 N–H and O–H groups in total. The van der Waals surface area contributed by atoms with Crippen LogP contribution in [0.3, 0.4) is 0 Å². The third-order valence-corrected chi connectivity index (χ3v) is 7.33. The fraction of sp³-hybridized carbons (Fsp3) is 1.00. The Kier molecular flexibility index (Phi) is 6.25. The SMILES string of the molecule is CN1C(C)(C)CC(OCCOC2CC(C)(C)N(C)C(C)(C)C2)CC1(C)C. The van der Waals surface area contributed by atoms with Crippen LogP contribution in [0.4, 0.5) is 0 Å². The molecule has 0 atom stereocenters. The van der Waals surface area contributed by atoms with Gasteiger partial charge in [0.2, 0.25) is 0 Å². The zero-order chi connectivity index (χ0) is 20.0. The zero-order valence-corrected chi connectivity index (χ0v) is 19.1. The second-order valence-corrected chi connectivity index (χ2v) is 11.2. The summed E-state index contributed by atoms with van der Waals surface area (Å²) >= 11 is 0. The standard InChI is InChI=1S/C22H44N2O2/c1-19(2)13-17(14-20(3,4)23(19)9)25-11-12-26-18-15-21(5,6)24(10)22(7,8)16-18/h17-18H,11-16H2,1-10H3. The predicted octanol–water partition coefficient (Wildman–Crippen LogP) is 4.32. The number of likely N-dealkylation sites (tertiary alicyclic amines) is 2. The van der Waals surface area contributed by atoms with Gasteiger partial charge >= 0.3 is 0 Å². The lowest BCUT2D eigenvalue weighted by atomic mass is 9.78. The summed E-state index contributed by atoms with van der Waals surface area (Å²) in [6.45, 7) is 20.0. The lowest BCUT2D eigenvalue weighted by Crippen LogP contribution is -2.60. The third kappa shape index (κ3) is 4.81. The van der Waals surface area contributed by atoms with Gasteiger partial charge in [-0.1, -0.05) is 0 Å². The fourth-order valence-corrected chi connectivity index (χ4v) is 5.22. The number of nitrogens with zero attached hydrogens (tertiary/aromatic N) is 2. The summed E-state index contributed by atoms with van der Waals surface area (Å²) in [4.78, 5) is 5.00. The smallest absolute Gasteiger partial charge is 0.0704 e. The van der Waals surface area contributed by atoms with Gasteiger partial charge in [-0.3, -0.25) is 9.80 Å². The van der Waals surface area contributed by atoms with Crippen molar-refractivity contribution in [3.63, 3.8) is 0 Å². The quantitative estimate of drug-likeness (QED) is 0.675. The molecule has 2 rings (SSSR count). The number of piperidine rings is 2. The van der Waals surface area contributed by atoms with E-state index in [2.05, 4.69) is 79.3 Å². The highest BCUT2D eigenvalue weighted by atomic mass is 16.5. The predicted molar refractivity (Wildman–Crippen MR) is 110 cm³/mol. The van der Waals surface area contributed by atoms with E-state index in [1.165, 1.54) is 0 Å². The van der Waals surface area contributed by atoms with Crippen molar-refractivity contribution in [1.29, 1.82) is 0 Å². The number of rotatable bonds is 5. The summed E-state index contributed by atoms with van der Waals surface area (Å²) in [6.07, 6.45) is 4.99. The summed E-state index contributed by atoms with van der Waals surface area (Å²) < 4.78 is 12.5. The molecule has 154 valence electrons. The molecule has 0 aromatic carbocycles. The fourth-order valence-electron chi connectivity index (χ4n) is 5.22. The monoisotopic (exact) mass is 368 g/mol. The van der Waals surface area contributed by atoms with Crippen LogP contribution >= 0.6 is 0 Å². The van der Waals surface area contributed by atoms with Crippen LogP contribution in [0.5, 0.6) is 0 Å². The summed E-state index contributed by atoms with van der Waals surface area (Å²) in [7, 11) is 4.48. The van der Waals surface area contributed by atoms with Crippen LogP contribution in [0.1, 0.15) is 81.1 Å². The first-order chi connectivity index (χ1) is 11.7. The molecule has 26 heavy (non-hydrogen) atoms. The summed E-state index contributed by atoms with van der Waals surface area (Å²) in [5, 5.41) is 0. The van der Waals surface area contributed by atoms with E-state index in [1.54, 1.807) is 0 Å². The maximum Gasteiger partial charge on any atom is 0.0704 e. The molecule has 0 aromatic heterocycles. The van der Waals surface area contributed by atoms with Crippen LogP contribution in [0.15, 0.2) is 0 Å². The first-order valence-corrected chi connectivity index (χ1v) is 10.4. The second-order valence-electron chi connectivity index (χ2n) is 11.2. The molecule has 4 heteroatoms. The molecule has 2 aliphatic heterocycles. The average Bonchev–Trinajstić information content (AvgIpc) is 2.45. The van der Waals surface area contributed by atoms with Crippen molar-refractivity contribution < 1.29 is 9.47 Å². The van der Waals surface area contributed by atoms with E-state index in [0.29, 0.717) is 25.4 Å². The minimum absolute atomic E-state index is 0.176. The highest BCUT2D eigenvalue weighted by Crippen LogP contribution is 2.39. The first-order valence-electron chi connectivity index (χ1n) is 10.4. The normalized spacial score (nSPS) is 29.8. The maximum atomic E-state index is 6.26. The number of hydrogen-bond donors (Lipinski definition) is 0. The van der Waals surface area contributed by atoms with E-state index >= 15 is 0 Å². The highest BCUT2D eigenvalue weighted by molar-refractivity contribution is 5.00. The van der Waals surface area contributed by atoms with Gasteiger partial charge < -0.3 is 9.47 Å². The molecule has 0 saturated carbocycles. The van der Waals surface area contributed by atoms with Crippen LogP contribution in [-0.4, -0.2) is 71.5 Å². The van der Waals surface area contributed by atoms with Crippen LogP contribution in [0.2, 0.25) is 0 Å². The Bertz CT molecular complexity index is 405. The molecule has 0 bridgehead atoms. The molecule has 0 aromatic rings. The van der Waals surface area contributed by atoms with Gasteiger partial charge in [-0.25, -0.2) is 0 Å². The molecule has 2 heterocycles. The highest BCUT2D eigenvalue weighted by Gasteiger charge is 2.44. The Balaban J connectivity index is 1.80. The van der Waals surface area contributed by atoms with Gasteiger partial charge in [-0.2, -0.15) is 0 Å². The number of ether oxygens (including phenoxy) is 2. The third-order valence-electron chi connectivity index (χ3n) is 7.33. The topological polar surface area (TPSA) is 24.9 Å². The van der Waals surface area contributed by atoms with Gasteiger partial charge in [0.25, 0.3) is 0 Å². The zero-order valence-electron chi connectivity index (χ0n) is 19.1. The number of hydrogen-bond acceptors (Lipinski definition) is 4. The molecular formula is C22H44N2O2. The van der Waals surface area contributed by atoms with Crippen LogP contribution in [0, 0.1) is 0 Å². The van der Waals surface area contributed by atoms with Crippen LogP contribution in [-0.2, 0) is 9.47 Å². The molecule has 2 saturated heterocycles. The van der Waals surface area contributed by atoms with Gasteiger partial charge in [0.05, 0.1) is 25.4 Å². The molecular weight excluding hydrogens is 324 g/mol. The van der Waals surface area contributed by atoms with Gasteiger partial charge in [-0.05, 0) is 95.2 Å². The minimum Gasteiger partial charge on any atom is -0.376 e. The van der Waals surface area contributed by atoms with Crippen molar-refractivity contribution in [2.45, 2.75) is 115 Å². The van der Waals surface area contributed by atoms with Crippen molar-refractivity contribution in [1.82, 2.24) is 9.80 Å². The van der Waals surface area contributed by atoms with Crippen molar-refractivity contribution in [2.24, 2.45) is 0 Å². The summed E-state index contributed by atoms with van der Waals surface area (Å²) in [5.74, 6) is 0. The maximum absolute atomic E-state index is 6.26. The molecule has 0 spiro atoms. The summed E-state index contributed by atoms with van der Waals surface area (Å²) in [6, 6.07) is 0. The van der Waals surface area contributed by atoms with Crippen molar-refractivity contribution in [3.05, 3.63) is 0 Å². The summed E-state index contributed by atoms with van der Waals surface area (Å²) in [5.41, 5.74) is 0.703. The van der Waals surface area contributed by atoms with E-state index in [1.807, 2.05) is 0 Å². The Morgan fingerprint density at radius 2 is 0.808 bits per heavy atom. The Hall–Kier alpha value is -0.160. The molecule has 4 nitrogen and oxygen atoms in total. The van der Waals surface area contributed by atoms with Crippen LogP contribution < -0.4 is 0 Å². The van der Waals surface area contributed by atoms with Crippen molar-refractivity contribution >= 4 is 0 Å². The molecule has 0 unspecified atom stereocenters. The molecule has 0 amide bonds. The van der Waals surface area contributed by atoms with E-state index in [4.69, 9.17) is 9.47 Å². The van der Waals surface area contributed by atoms with Crippen molar-refractivity contribution in [2.75, 3.05) is 27.3 Å². The van der Waals surface area contributed by atoms with Crippen LogP contribution in [0.25, 0.3) is 0 Å². The van der Waals surface area contributed by atoms with E-state index in [0.717, 1.165) is 25.7 Å². The molecule has 0 aliphatic carbocycles. The first kappa shape index (κ1) is 22.1. The van der Waals surface area contributed by atoms with Gasteiger partial charge in [0.15, 0.2) is 0 Å². The van der Waals surface area contributed by atoms with E-state index in [-0.39, 0.29) is 22.2 Å². The molecule has 2 fully saturated rings. The van der Waals surface area contributed by atoms with Gasteiger partial charge in [0.1, 0.15) is 0 Å². The Morgan fingerprint density at radius 1 is 0.577 bits per heavy atom. The molecule has 2 aliphatic rings. The van der Waals surface area contributed by atoms with E-state index in [9.17, 15) is 0 Å². The Labute approximate surface area is 162 Å². The second kappa shape index (κ2) is 7.35. The largest absolute Gasteiger partial charge is 0.376 e. The lowest BCUT2D eigenvalue weighted by molar-refractivity contribution is -0.122. The van der Waals surface area contributed by atoms with Gasteiger partial charge in [-0.15, -0.1) is 0 Å². The lowest BCUT2D eigenvalue weighted by Gasteiger charge is -2.53. The van der Waals surface area contributed by atoms with Crippen molar-refractivity contribution in [3.8, 4) is 0 Å². The minimum atomic E-state index is 0.176. The Morgan fingerprint density at radius 3 is 1.04 bits per heavy atom. The molecule has 0 radical (unpaired) electrons.